The van der Waals surface area contributed by atoms with Gasteiger partial charge in [0.2, 0.25) is 0 Å². The molecule has 7 aromatic rings. The van der Waals surface area contributed by atoms with Gasteiger partial charge in [0.25, 0.3) is 6.71 Å². The summed E-state index contributed by atoms with van der Waals surface area (Å²) < 4.78 is 0. The lowest BCUT2D eigenvalue weighted by molar-refractivity contribution is -0.0419. The molecule has 4 saturated carbocycles. The molecule has 3 aliphatic heterocycles. The lowest BCUT2D eigenvalue weighted by Gasteiger charge is -2.64. The molecule has 3 heterocycles. The van der Waals surface area contributed by atoms with Gasteiger partial charge in [0, 0.05) is 50.9 Å². The Balaban J connectivity index is 1.10. The second-order valence-electron chi connectivity index (χ2n) is 18.3. The first-order valence-electron chi connectivity index (χ1n) is 21.7. The summed E-state index contributed by atoms with van der Waals surface area (Å²) in [4.78, 5) is 7.69. The molecule has 4 bridgehead atoms. The van der Waals surface area contributed by atoms with Crippen LogP contribution < -0.4 is 31.1 Å². The maximum atomic E-state index is 2.71. The Kier molecular flexibility index (Phi) is 6.84. The first-order valence-corrected chi connectivity index (χ1v) is 21.7. The standard InChI is InChI=1S/C54H46BN3/c1-34-23-24-42(27-35(34)2)57-49-26-25-43(56(40-13-5-3-6-14-40)41-15-7-4-8-16-41)33-47(49)55-46-19-11-18-45-53(46)58(51-22-12-21-50(57)52(51)55)48-20-10-9-17-44(48)54(45)38-29-36-28-37(31-38)32-39(54)30-36/h3-27,33,36-39H,28-32H2,1-2H3. The van der Waals surface area contributed by atoms with Crippen molar-refractivity contribution in [2.24, 2.45) is 23.7 Å². The van der Waals surface area contributed by atoms with E-state index in [0.29, 0.717) is 11.8 Å². The van der Waals surface area contributed by atoms with Crippen LogP contribution in [-0.2, 0) is 5.41 Å². The molecule has 14 rings (SSSR count). The Morgan fingerprint density at radius 1 is 0.483 bits per heavy atom. The molecule has 3 nitrogen and oxygen atoms in total. The van der Waals surface area contributed by atoms with Crippen molar-refractivity contribution >= 4 is 74.3 Å². The summed E-state index contributed by atoms with van der Waals surface area (Å²) in [7, 11) is 0. The Hall–Kier alpha value is -6.00. The highest BCUT2D eigenvalue weighted by molar-refractivity contribution is 7.00. The van der Waals surface area contributed by atoms with Crippen LogP contribution in [0, 0.1) is 37.5 Å². The maximum absolute atomic E-state index is 2.71. The first kappa shape index (κ1) is 33.0. The highest BCUT2D eigenvalue weighted by atomic mass is 15.2. The molecule has 7 aromatic carbocycles. The molecular formula is C54H46BN3. The summed E-state index contributed by atoms with van der Waals surface area (Å²) in [5, 5.41) is 0. The van der Waals surface area contributed by atoms with Gasteiger partial charge in [-0.15, -0.1) is 0 Å². The molecule has 7 aliphatic rings. The van der Waals surface area contributed by atoms with Gasteiger partial charge in [-0.1, -0.05) is 84.9 Å². The third-order valence-electron chi connectivity index (χ3n) is 15.5. The normalized spacial score (nSPS) is 23.7. The van der Waals surface area contributed by atoms with Crippen LogP contribution in [0.4, 0.5) is 51.2 Å². The number of hydrogen-bond acceptors (Lipinski definition) is 3. The smallest absolute Gasteiger partial charge is 0.252 e. The summed E-state index contributed by atoms with van der Waals surface area (Å²) in [6, 6.07) is 60.2. The van der Waals surface area contributed by atoms with Gasteiger partial charge in [-0.3, -0.25) is 0 Å². The molecular weight excluding hydrogens is 701 g/mol. The second kappa shape index (κ2) is 12.0. The molecule has 0 radical (unpaired) electrons. The highest BCUT2D eigenvalue weighted by Gasteiger charge is 2.62. The SMILES string of the molecule is Cc1ccc(N2c3ccc(N(c4ccccc4)c4ccccc4)cc3B3c4cccc5c4N(c4ccccc4C54C5CC6CC(C5)CC4C6)c4cccc2c43)cc1C. The molecule has 0 amide bonds. The van der Waals surface area contributed by atoms with E-state index in [9.17, 15) is 0 Å². The van der Waals surface area contributed by atoms with Crippen LogP contribution in [0.2, 0.25) is 0 Å². The largest absolute Gasteiger partial charge is 0.311 e. The molecule has 0 aromatic heterocycles. The van der Waals surface area contributed by atoms with Crippen molar-refractivity contribution in [1.82, 2.24) is 0 Å². The van der Waals surface area contributed by atoms with Gasteiger partial charge < -0.3 is 14.7 Å². The Bertz CT molecular complexity index is 2740. The predicted molar refractivity (Wildman–Crippen MR) is 242 cm³/mol. The van der Waals surface area contributed by atoms with Gasteiger partial charge in [0.15, 0.2) is 0 Å². The van der Waals surface area contributed by atoms with E-state index in [4.69, 9.17) is 0 Å². The van der Waals surface area contributed by atoms with E-state index in [0.717, 1.165) is 23.2 Å². The van der Waals surface area contributed by atoms with Crippen LogP contribution in [0.25, 0.3) is 0 Å². The van der Waals surface area contributed by atoms with Gasteiger partial charge >= 0.3 is 0 Å². The van der Waals surface area contributed by atoms with Crippen LogP contribution in [0.5, 0.6) is 0 Å². The number of benzene rings is 7. The lowest BCUT2D eigenvalue weighted by atomic mass is 9.32. The van der Waals surface area contributed by atoms with Crippen molar-refractivity contribution < 1.29 is 0 Å². The molecule has 4 heteroatoms. The molecule has 0 saturated heterocycles. The maximum Gasteiger partial charge on any atom is 0.252 e. The average Bonchev–Trinajstić information content (AvgIpc) is 3.26. The highest BCUT2D eigenvalue weighted by Crippen LogP contribution is 2.69. The fourth-order valence-corrected chi connectivity index (χ4v) is 13.4. The second-order valence-corrected chi connectivity index (χ2v) is 18.3. The summed E-state index contributed by atoms with van der Waals surface area (Å²) in [6.07, 6.45) is 6.96. The monoisotopic (exact) mass is 747 g/mol. The number of hydrogen-bond donors (Lipinski definition) is 0. The number of aryl methyl sites for hydroxylation is 2. The fourth-order valence-electron chi connectivity index (χ4n) is 13.4. The third-order valence-corrected chi connectivity index (χ3v) is 15.5. The molecule has 4 fully saturated rings. The number of anilines is 9. The van der Waals surface area contributed by atoms with E-state index in [1.807, 2.05) is 0 Å². The van der Waals surface area contributed by atoms with Gasteiger partial charge in [-0.05, 0) is 181 Å². The van der Waals surface area contributed by atoms with E-state index in [-0.39, 0.29) is 12.1 Å². The molecule has 58 heavy (non-hydrogen) atoms. The van der Waals surface area contributed by atoms with E-state index >= 15 is 0 Å². The predicted octanol–water partition coefficient (Wildman–Crippen LogP) is 11.9. The van der Waals surface area contributed by atoms with Gasteiger partial charge in [-0.25, -0.2) is 0 Å². The van der Waals surface area contributed by atoms with E-state index in [1.54, 1.807) is 11.1 Å². The molecule has 0 atom stereocenters. The van der Waals surface area contributed by atoms with E-state index in [1.165, 1.54) is 99.4 Å². The minimum absolute atomic E-state index is 0.0587. The van der Waals surface area contributed by atoms with E-state index < -0.39 is 0 Å². The Morgan fingerprint density at radius 3 is 1.81 bits per heavy atom. The number of nitrogens with zero attached hydrogens (tertiary/aromatic N) is 3. The summed E-state index contributed by atoms with van der Waals surface area (Å²) in [5.41, 5.74) is 21.5. The van der Waals surface area contributed by atoms with Crippen LogP contribution >= 0.6 is 0 Å². The zero-order chi connectivity index (χ0) is 38.3. The van der Waals surface area contributed by atoms with Crippen molar-refractivity contribution in [3.8, 4) is 0 Å². The summed E-state index contributed by atoms with van der Waals surface area (Å²) in [5.74, 6) is 3.20. The van der Waals surface area contributed by atoms with Gasteiger partial charge in [-0.2, -0.15) is 0 Å². The Labute approximate surface area is 342 Å². The van der Waals surface area contributed by atoms with Crippen molar-refractivity contribution in [3.05, 3.63) is 180 Å². The van der Waals surface area contributed by atoms with Gasteiger partial charge in [0.05, 0.1) is 5.69 Å². The molecule has 4 aliphatic carbocycles. The molecule has 0 unspecified atom stereocenters. The third kappa shape index (κ3) is 4.31. The lowest BCUT2D eigenvalue weighted by Crippen LogP contribution is -2.64. The fraction of sp³-hybridized carbons (Fsp3) is 0.222. The summed E-state index contributed by atoms with van der Waals surface area (Å²) >= 11 is 0. The van der Waals surface area contributed by atoms with E-state index in [2.05, 4.69) is 186 Å². The van der Waals surface area contributed by atoms with Crippen LogP contribution in [-0.4, -0.2) is 6.71 Å². The molecule has 280 valence electrons. The minimum atomic E-state index is 0.0587. The van der Waals surface area contributed by atoms with Crippen molar-refractivity contribution in [2.75, 3.05) is 14.7 Å². The Morgan fingerprint density at radius 2 is 1.10 bits per heavy atom. The molecule has 0 N–H and O–H groups in total. The quantitative estimate of drug-likeness (QED) is 0.166. The molecule has 1 spiro atoms. The first-order chi connectivity index (χ1) is 28.6. The summed E-state index contributed by atoms with van der Waals surface area (Å²) in [6.45, 7) is 4.54. The minimum Gasteiger partial charge on any atom is -0.311 e. The van der Waals surface area contributed by atoms with Crippen molar-refractivity contribution in [1.29, 1.82) is 0 Å². The number of para-hydroxylation sites is 4. The van der Waals surface area contributed by atoms with Crippen LogP contribution in [0.15, 0.2) is 158 Å². The van der Waals surface area contributed by atoms with Crippen LogP contribution in [0.1, 0.15) is 54.4 Å². The number of fused-ring (bicyclic) bond motifs is 6. The van der Waals surface area contributed by atoms with Crippen molar-refractivity contribution in [2.45, 2.75) is 51.4 Å². The topological polar surface area (TPSA) is 9.72 Å². The van der Waals surface area contributed by atoms with Crippen molar-refractivity contribution in [3.63, 3.8) is 0 Å². The van der Waals surface area contributed by atoms with Crippen LogP contribution in [0.3, 0.4) is 0 Å². The number of rotatable bonds is 4. The zero-order valence-corrected chi connectivity index (χ0v) is 33.3. The average molecular weight is 748 g/mol. The van der Waals surface area contributed by atoms with Gasteiger partial charge in [0.1, 0.15) is 0 Å². The zero-order valence-electron chi connectivity index (χ0n) is 33.3.